The average molecular weight is 376 g/mol. The number of likely N-dealkylation sites (tertiary alicyclic amines) is 1. The van der Waals surface area contributed by atoms with Crippen LogP contribution in [0.25, 0.3) is 0 Å². The number of hydrogen-bond donors (Lipinski definition) is 1. The molecule has 1 aliphatic heterocycles. The first kappa shape index (κ1) is 21.2. The maximum absolute atomic E-state index is 12.5. The van der Waals surface area contributed by atoms with Gasteiger partial charge in [-0.3, -0.25) is 9.59 Å². The van der Waals surface area contributed by atoms with E-state index >= 15 is 0 Å². The lowest BCUT2D eigenvalue weighted by Crippen LogP contribution is -2.49. The van der Waals surface area contributed by atoms with E-state index in [0.717, 1.165) is 24.2 Å². The van der Waals surface area contributed by atoms with Crippen LogP contribution in [0, 0.1) is 0 Å². The predicted octanol–water partition coefficient (Wildman–Crippen LogP) is 2.72. The molecule has 0 aromatic heterocycles. The van der Waals surface area contributed by atoms with Crippen LogP contribution in [-0.2, 0) is 14.3 Å². The second kappa shape index (κ2) is 10.3. The van der Waals surface area contributed by atoms with Gasteiger partial charge in [0, 0.05) is 26.2 Å². The fraction of sp³-hybridized carbons (Fsp3) is 0.619. The van der Waals surface area contributed by atoms with Crippen molar-refractivity contribution in [2.75, 3.05) is 26.8 Å². The number of nitrogens with zero attached hydrogens (tertiary/aromatic N) is 1. The highest BCUT2D eigenvalue weighted by molar-refractivity contribution is 5.81. The molecule has 2 amide bonds. The van der Waals surface area contributed by atoms with E-state index < -0.39 is 6.10 Å². The first-order valence-corrected chi connectivity index (χ1v) is 9.75. The van der Waals surface area contributed by atoms with Crippen LogP contribution in [0.3, 0.4) is 0 Å². The summed E-state index contributed by atoms with van der Waals surface area (Å²) < 4.78 is 10.9. The molecule has 1 aromatic carbocycles. The Morgan fingerprint density at radius 3 is 2.48 bits per heavy atom. The lowest BCUT2D eigenvalue weighted by atomic mass is 10.0. The van der Waals surface area contributed by atoms with E-state index in [-0.39, 0.29) is 17.9 Å². The maximum atomic E-state index is 12.5. The van der Waals surface area contributed by atoms with Crippen LogP contribution in [0.5, 0.6) is 5.75 Å². The Morgan fingerprint density at radius 2 is 1.85 bits per heavy atom. The average Bonchev–Trinajstić information content (AvgIpc) is 2.66. The Bertz CT molecular complexity index is 624. The third-order valence-corrected chi connectivity index (χ3v) is 4.93. The summed E-state index contributed by atoms with van der Waals surface area (Å²) in [6.07, 6.45) is 1.37. The molecule has 27 heavy (non-hydrogen) atoms. The van der Waals surface area contributed by atoms with E-state index in [9.17, 15) is 9.59 Å². The van der Waals surface area contributed by atoms with Crippen LogP contribution < -0.4 is 10.1 Å². The number of amides is 2. The molecule has 1 saturated heterocycles. The highest BCUT2D eigenvalue weighted by atomic mass is 16.5. The summed E-state index contributed by atoms with van der Waals surface area (Å²) in [5, 5.41) is 3.06. The summed E-state index contributed by atoms with van der Waals surface area (Å²) in [4.78, 5) is 26.4. The number of rotatable bonds is 8. The van der Waals surface area contributed by atoms with Gasteiger partial charge in [-0.25, -0.2) is 0 Å². The van der Waals surface area contributed by atoms with Crippen molar-refractivity contribution in [3.8, 4) is 5.75 Å². The van der Waals surface area contributed by atoms with Crippen molar-refractivity contribution in [1.82, 2.24) is 10.2 Å². The maximum Gasteiger partial charge on any atom is 0.260 e. The molecule has 6 nitrogen and oxygen atoms in total. The topological polar surface area (TPSA) is 67.9 Å². The van der Waals surface area contributed by atoms with Gasteiger partial charge in [-0.2, -0.15) is 0 Å². The van der Waals surface area contributed by atoms with Gasteiger partial charge in [0.05, 0.1) is 13.0 Å². The second-order valence-corrected chi connectivity index (χ2v) is 7.36. The Hall–Kier alpha value is -2.08. The van der Waals surface area contributed by atoms with E-state index in [1.165, 1.54) is 0 Å². The molecule has 1 atom stereocenters. The molecule has 1 aromatic rings. The van der Waals surface area contributed by atoms with Crippen LogP contribution in [0.4, 0.5) is 0 Å². The SMILES string of the molecule is COCCC(=O)N1CCC(NC(=O)C(C)Oc2ccccc2C(C)C)CC1. The summed E-state index contributed by atoms with van der Waals surface area (Å²) in [6, 6.07) is 7.91. The van der Waals surface area contributed by atoms with Crippen molar-refractivity contribution in [3.05, 3.63) is 29.8 Å². The zero-order valence-corrected chi connectivity index (χ0v) is 16.9. The van der Waals surface area contributed by atoms with Gasteiger partial charge in [0.15, 0.2) is 6.10 Å². The Morgan fingerprint density at radius 1 is 1.19 bits per heavy atom. The second-order valence-electron chi connectivity index (χ2n) is 7.36. The third kappa shape index (κ3) is 6.24. The number of para-hydroxylation sites is 1. The monoisotopic (exact) mass is 376 g/mol. The van der Waals surface area contributed by atoms with Gasteiger partial charge in [0.25, 0.3) is 5.91 Å². The zero-order chi connectivity index (χ0) is 19.8. The van der Waals surface area contributed by atoms with Crippen molar-refractivity contribution < 1.29 is 19.1 Å². The zero-order valence-electron chi connectivity index (χ0n) is 16.9. The largest absolute Gasteiger partial charge is 0.481 e. The van der Waals surface area contributed by atoms with E-state index in [2.05, 4.69) is 19.2 Å². The summed E-state index contributed by atoms with van der Waals surface area (Å²) in [7, 11) is 1.60. The van der Waals surface area contributed by atoms with Gasteiger partial charge >= 0.3 is 0 Å². The van der Waals surface area contributed by atoms with E-state index in [0.29, 0.717) is 32.0 Å². The Kier molecular flexibility index (Phi) is 8.10. The highest BCUT2D eigenvalue weighted by Gasteiger charge is 2.26. The van der Waals surface area contributed by atoms with Crippen molar-refractivity contribution in [2.24, 2.45) is 0 Å². The van der Waals surface area contributed by atoms with Gasteiger partial charge in [-0.1, -0.05) is 32.0 Å². The molecule has 0 aliphatic carbocycles. The molecule has 2 rings (SSSR count). The molecule has 1 N–H and O–H groups in total. The van der Waals surface area contributed by atoms with Gasteiger partial charge in [-0.15, -0.1) is 0 Å². The van der Waals surface area contributed by atoms with Crippen molar-refractivity contribution in [2.45, 2.75) is 58.1 Å². The fourth-order valence-electron chi connectivity index (χ4n) is 3.25. The molecule has 0 saturated carbocycles. The molecule has 1 unspecified atom stereocenters. The number of carbonyl (C=O) groups is 2. The number of benzene rings is 1. The molecule has 6 heteroatoms. The first-order chi connectivity index (χ1) is 12.9. The first-order valence-electron chi connectivity index (χ1n) is 9.75. The molecular weight excluding hydrogens is 344 g/mol. The van der Waals surface area contributed by atoms with E-state index in [1.807, 2.05) is 29.2 Å². The summed E-state index contributed by atoms with van der Waals surface area (Å²) in [6.45, 7) is 7.76. The highest BCUT2D eigenvalue weighted by Crippen LogP contribution is 2.26. The minimum atomic E-state index is -0.564. The van der Waals surface area contributed by atoms with Crippen LogP contribution in [0.1, 0.15) is 51.5 Å². The normalized spacial score (nSPS) is 16.3. The molecular formula is C21H32N2O4. The lowest BCUT2D eigenvalue weighted by molar-refractivity contribution is -0.133. The molecule has 0 spiro atoms. The summed E-state index contributed by atoms with van der Waals surface area (Å²) in [5.74, 6) is 1.09. The molecule has 1 fully saturated rings. The van der Waals surface area contributed by atoms with Gasteiger partial charge in [0.1, 0.15) is 5.75 Å². The van der Waals surface area contributed by atoms with Gasteiger partial charge in [0.2, 0.25) is 5.91 Å². The van der Waals surface area contributed by atoms with E-state index in [1.54, 1.807) is 14.0 Å². The Balaban J connectivity index is 1.81. The van der Waals surface area contributed by atoms with Crippen LogP contribution >= 0.6 is 0 Å². The number of ether oxygens (including phenoxy) is 2. The summed E-state index contributed by atoms with van der Waals surface area (Å²) in [5.41, 5.74) is 1.10. The van der Waals surface area contributed by atoms with Crippen LogP contribution in [0.15, 0.2) is 24.3 Å². The fourth-order valence-corrected chi connectivity index (χ4v) is 3.25. The minimum Gasteiger partial charge on any atom is -0.481 e. The number of carbonyl (C=O) groups excluding carboxylic acids is 2. The number of hydrogen-bond acceptors (Lipinski definition) is 4. The van der Waals surface area contributed by atoms with Gasteiger partial charge in [-0.05, 0) is 37.3 Å². The van der Waals surface area contributed by atoms with Crippen molar-refractivity contribution in [3.63, 3.8) is 0 Å². The third-order valence-electron chi connectivity index (χ3n) is 4.93. The smallest absolute Gasteiger partial charge is 0.260 e. The molecule has 150 valence electrons. The van der Waals surface area contributed by atoms with Gasteiger partial charge < -0.3 is 19.7 Å². The number of piperidine rings is 1. The van der Waals surface area contributed by atoms with Crippen molar-refractivity contribution in [1.29, 1.82) is 0 Å². The lowest BCUT2D eigenvalue weighted by Gasteiger charge is -2.33. The standard InChI is InChI=1S/C21H32N2O4/c1-15(2)18-7-5-6-8-19(18)27-16(3)21(25)22-17-9-12-23(13-10-17)20(24)11-14-26-4/h5-8,15-17H,9-14H2,1-4H3,(H,22,25). The Labute approximate surface area is 162 Å². The van der Waals surface area contributed by atoms with E-state index in [4.69, 9.17) is 9.47 Å². The molecule has 0 radical (unpaired) electrons. The molecule has 0 bridgehead atoms. The summed E-state index contributed by atoms with van der Waals surface area (Å²) >= 11 is 0. The number of methoxy groups -OCH3 is 1. The predicted molar refractivity (Wildman–Crippen MR) is 105 cm³/mol. The van der Waals surface area contributed by atoms with Crippen LogP contribution in [0.2, 0.25) is 0 Å². The quantitative estimate of drug-likeness (QED) is 0.757. The molecule has 1 heterocycles. The minimum absolute atomic E-state index is 0.0790. The molecule has 1 aliphatic rings. The van der Waals surface area contributed by atoms with Crippen molar-refractivity contribution >= 4 is 11.8 Å². The van der Waals surface area contributed by atoms with Crippen LogP contribution in [-0.4, -0.2) is 55.7 Å². The number of nitrogens with one attached hydrogen (secondary N) is 1.